The molecule has 0 unspecified atom stereocenters. The van der Waals surface area contributed by atoms with Crippen molar-refractivity contribution < 1.29 is 4.79 Å². The number of aliphatic imine (C=N–C) groups is 1. The van der Waals surface area contributed by atoms with Crippen LogP contribution in [0.4, 0.5) is 0 Å². The molecule has 0 saturated carbocycles. The zero-order chi connectivity index (χ0) is 9.41. The maximum Gasteiger partial charge on any atom is 0.254 e. The lowest BCUT2D eigenvalue weighted by atomic mass is 9.88. The second-order valence-electron chi connectivity index (χ2n) is 4.44. The van der Waals surface area contributed by atoms with Crippen molar-refractivity contribution in [2.45, 2.75) is 27.7 Å². The van der Waals surface area contributed by atoms with E-state index >= 15 is 0 Å². The zero-order valence-electron chi connectivity index (χ0n) is 8.09. The molecule has 0 aromatic carbocycles. The van der Waals surface area contributed by atoms with E-state index in [0.29, 0.717) is 0 Å². The molecule has 1 aliphatic heterocycles. The van der Waals surface area contributed by atoms with E-state index in [1.165, 1.54) is 0 Å². The SMILES string of the molecule is CC1(C)C=CC(C)(C)C(=O)N=C1. The van der Waals surface area contributed by atoms with Crippen LogP contribution in [0.3, 0.4) is 0 Å². The van der Waals surface area contributed by atoms with E-state index in [9.17, 15) is 4.79 Å². The quantitative estimate of drug-likeness (QED) is 0.506. The Bertz CT molecular complexity index is 259. The number of carbonyl (C=O) groups excluding carboxylic acids is 1. The van der Waals surface area contributed by atoms with Crippen LogP contribution in [0.2, 0.25) is 0 Å². The first-order chi connectivity index (χ1) is 5.33. The fourth-order valence-electron chi connectivity index (χ4n) is 0.929. The van der Waals surface area contributed by atoms with Crippen molar-refractivity contribution in [3.63, 3.8) is 0 Å². The molecule has 0 spiro atoms. The molecule has 1 aliphatic rings. The maximum absolute atomic E-state index is 11.4. The third-order valence-corrected chi connectivity index (χ3v) is 2.00. The molecule has 0 fully saturated rings. The Morgan fingerprint density at radius 3 is 2.33 bits per heavy atom. The number of allylic oxidation sites excluding steroid dienone is 1. The Morgan fingerprint density at radius 1 is 1.17 bits per heavy atom. The van der Waals surface area contributed by atoms with E-state index in [1.54, 1.807) is 6.21 Å². The van der Waals surface area contributed by atoms with Crippen LogP contribution in [0.25, 0.3) is 0 Å². The van der Waals surface area contributed by atoms with E-state index in [4.69, 9.17) is 0 Å². The monoisotopic (exact) mass is 165 g/mol. The first kappa shape index (κ1) is 9.17. The molecule has 66 valence electrons. The van der Waals surface area contributed by atoms with Gasteiger partial charge in [-0.2, -0.15) is 0 Å². The Balaban J connectivity index is 3.07. The van der Waals surface area contributed by atoms with Crippen LogP contribution < -0.4 is 0 Å². The molecule has 0 aliphatic carbocycles. The summed E-state index contributed by atoms with van der Waals surface area (Å²) in [5.41, 5.74) is -0.534. The summed E-state index contributed by atoms with van der Waals surface area (Å²) in [5, 5.41) is 0. The number of carbonyl (C=O) groups is 1. The van der Waals surface area contributed by atoms with Gasteiger partial charge in [-0.05, 0) is 13.8 Å². The lowest BCUT2D eigenvalue weighted by Crippen LogP contribution is -2.18. The smallest absolute Gasteiger partial charge is 0.254 e. The highest BCUT2D eigenvalue weighted by molar-refractivity contribution is 5.93. The highest BCUT2D eigenvalue weighted by Crippen LogP contribution is 2.26. The van der Waals surface area contributed by atoms with Gasteiger partial charge >= 0.3 is 0 Å². The largest absolute Gasteiger partial charge is 0.272 e. The second kappa shape index (κ2) is 2.54. The minimum absolute atomic E-state index is 0.0654. The van der Waals surface area contributed by atoms with Crippen molar-refractivity contribution in [3.8, 4) is 0 Å². The zero-order valence-corrected chi connectivity index (χ0v) is 8.09. The van der Waals surface area contributed by atoms with E-state index in [0.717, 1.165) is 0 Å². The van der Waals surface area contributed by atoms with Crippen LogP contribution in [-0.4, -0.2) is 12.1 Å². The van der Waals surface area contributed by atoms with Crippen molar-refractivity contribution >= 4 is 12.1 Å². The van der Waals surface area contributed by atoms with Crippen molar-refractivity contribution in [3.05, 3.63) is 12.2 Å². The third-order valence-electron chi connectivity index (χ3n) is 2.00. The predicted molar refractivity (Wildman–Crippen MR) is 50.2 cm³/mol. The van der Waals surface area contributed by atoms with Gasteiger partial charge in [0.1, 0.15) is 0 Å². The van der Waals surface area contributed by atoms with E-state index in [1.807, 2.05) is 39.8 Å². The van der Waals surface area contributed by atoms with Gasteiger partial charge < -0.3 is 0 Å². The number of nitrogens with zero attached hydrogens (tertiary/aromatic N) is 1. The molecule has 0 bridgehead atoms. The number of rotatable bonds is 0. The van der Waals surface area contributed by atoms with Gasteiger partial charge in [0.05, 0.1) is 5.41 Å². The summed E-state index contributed by atoms with van der Waals surface area (Å²) in [6.07, 6.45) is 5.67. The minimum Gasteiger partial charge on any atom is -0.272 e. The molecule has 0 aromatic heterocycles. The van der Waals surface area contributed by atoms with Crippen LogP contribution in [0.5, 0.6) is 0 Å². The van der Waals surface area contributed by atoms with E-state index in [2.05, 4.69) is 4.99 Å². The van der Waals surface area contributed by atoms with Gasteiger partial charge in [-0.3, -0.25) is 4.79 Å². The van der Waals surface area contributed by atoms with Gasteiger partial charge in [0.15, 0.2) is 0 Å². The molecule has 0 N–H and O–H groups in total. The number of amides is 1. The topological polar surface area (TPSA) is 29.4 Å². The summed E-state index contributed by atoms with van der Waals surface area (Å²) in [6.45, 7) is 7.82. The molecule has 12 heavy (non-hydrogen) atoms. The van der Waals surface area contributed by atoms with Gasteiger partial charge in [-0.25, -0.2) is 4.99 Å². The minimum atomic E-state index is -0.440. The summed E-state index contributed by atoms with van der Waals surface area (Å²) >= 11 is 0. The number of hydrogen-bond donors (Lipinski definition) is 0. The van der Waals surface area contributed by atoms with Crippen LogP contribution >= 0.6 is 0 Å². The predicted octanol–water partition coefficient (Wildman–Crippen LogP) is 2.21. The first-order valence-corrected chi connectivity index (χ1v) is 4.14. The maximum atomic E-state index is 11.4. The van der Waals surface area contributed by atoms with Crippen molar-refractivity contribution in [2.75, 3.05) is 0 Å². The fourth-order valence-corrected chi connectivity index (χ4v) is 0.929. The average Bonchev–Trinajstić information content (AvgIpc) is 2.03. The number of hydrogen-bond acceptors (Lipinski definition) is 1. The van der Waals surface area contributed by atoms with Gasteiger partial charge in [-0.15, -0.1) is 0 Å². The first-order valence-electron chi connectivity index (χ1n) is 4.14. The van der Waals surface area contributed by atoms with Gasteiger partial charge in [0.2, 0.25) is 0 Å². The summed E-state index contributed by atoms with van der Waals surface area (Å²) in [4.78, 5) is 15.3. The van der Waals surface area contributed by atoms with Crippen molar-refractivity contribution in [2.24, 2.45) is 15.8 Å². The van der Waals surface area contributed by atoms with Gasteiger partial charge in [-0.1, -0.05) is 26.0 Å². The molecule has 0 atom stereocenters. The third kappa shape index (κ3) is 1.81. The molecular weight excluding hydrogens is 150 g/mol. The molecule has 1 heterocycles. The highest BCUT2D eigenvalue weighted by Gasteiger charge is 2.27. The molecule has 0 radical (unpaired) electrons. The highest BCUT2D eigenvalue weighted by atomic mass is 16.1. The Kier molecular flexibility index (Phi) is 1.94. The standard InChI is InChI=1S/C10H15NO/c1-9(2)5-6-10(3,4)8(12)11-7-9/h5-7H,1-4H3. The Morgan fingerprint density at radius 2 is 1.75 bits per heavy atom. The second-order valence-corrected chi connectivity index (χ2v) is 4.44. The normalized spacial score (nSPS) is 25.5. The average molecular weight is 165 g/mol. The summed E-state index contributed by atoms with van der Waals surface area (Å²) in [6, 6.07) is 0. The van der Waals surface area contributed by atoms with Crippen LogP contribution in [0.1, 0.15) is 27.7 Å². The molecule has 0 aromatic rings. The van der Waals surface area contributed by atoms with Crippen LogP contribution in [-0.2, 0) is 4.79 Å². The molecule has 1 amide bonds. The Hall–Kier alpha value is -0.920. The van der Waals surface area contributed by atoms with Gasteiger partial charge in [0.25, 0.3) is 5.91 Å². The fraction of sp³-hybridized carbons (Fsp3) is 0.600. The summed E-state index contributed by atoms with van der Waals surface area (Å²) < 4.78 is 0. The van der Waals surface area contributed by atoms with Crippen LogP contribution in [0, 0.1) is 10.8 Å². The molecule has 2 heteroatoms. The lowest BCUT2D eigenvalue weighted by Gasteiger charge is -2.14. The molecule has 1 rings (SSSR count). The molecular formula is C10H15NO. The molecule has 0 saturated heterocycles. The van der Waals surface area contributed by atoms with Gasteiger partial charge in [0, 0.05) is 11.6 Å². The summed E-state index contributed by atoms with van der Waals surface area (Å²) in [7, 11) is 0. The summed E-state index contributed by atoms with van der Waals surface area (Å²) in [5.74, 6) is -0.0654. The molecule has 2 nitrogen and oxygen atoms in total. The van der Waals surface area contributed by atoms with Crippen molar-refractivity contribution in [1.82, 2.24) is 0 Å². The Labute approximate surface area is 73.4 Å². The lowest BCUT2D eigenvalue weighted by molar-refractivity contribution is -0.123. The van der Waals surface area contributed by atoms with E-state index in [-0.39, 0.29) is 11.3 Å². The van der Waals surface area contributed by atoms with Crippen LogP contribution in [0.15, 0.2) is 17.1 Å². The van der Waals surface area contributed by atoms with Crippen molar-refractivity contribution in [1.29, 1.82) is 0 Å². The van der Waals surface area contributed by atoms with E-state index < -0.39 is 5.41 Å².